The minimum Gasteiger partial charge on any atom is -0.348 e. The molecular formula is C19H16ClFN4O2S2. The Kier molecular flexibility index (Phi) is 5.05. The van der Waals surface area contributed by atoms with Crippen LogP contribution in [-0.4, -0.2) is 29.6 Å². The van der Waals surface area contributed by atoms with E-state index in [0.29, 0.717) is 22.2 Å². The van der Waals surface area contributed by atoms with E-state index in [1.54, 1.807) is 13.0 Å². The second-order valence-electron chi connectivity index (χ2n) is 6.56. The molecule has 0 amide bonds. The van der Waals surface area contributed by atoms with E-state index in [0.717, 1.165) is 16.5 Å². The Hall–Kier alpha value is -2.49. The first kappa shape index (κ1) is 19.8. The number of para-hydroxylation sites is 1. The molecule has 6 nitrogen and oxygen atoms in total. The highest BCUT2D eigenvalue weighted by Crippen LogP contribution is 2.33. The summed E-state index contributed by atoms with van der Waals surface area (Å²) in [5, 5.41) is 3.83. The Labute approximate surface area is 175 Å². The minimum absolute atomic E-state index is 0.0307. The van der Waals surface area contributed by atoms with Gasteiger partial charge in [-0.25, -0.2) is 22.8 Å². The lowest BCUT2D eigenvalue weighted by atomic mass is 10.1. The average Bonchev–Trinajstić information content (AvgIpc) is 3.24. The molecule has 2 N–H and O–H groups in total. The quantitative estimate of drug-likeness (QED) is 0.459. The van der Waals surface area contributed by atoms with Crippen molar-refractivity contribution >= 4 is 48.1 Å². The summed E-state index contributed by atoms with van der Waals surface area (Å²) < 4.78 is 38.7. The van der Waals surface area contributed by atoms with Crippen LogP contribution >= 0.6 is 22.9 Å². The number of benzene rings is 2. The molecule has 0 unspecified atom stereocenters. The zero-order chi connectivity index (χ0) is 20.8. The molecule has 2 heterocycles. The fourth-order valence-electron chi connectivity index (χ4n) is 3.02. The molecule has 29 heavy (non-hydrogen) atoms. The van der Waals surface area contributed by atoms with Gasteiger partial charge in [0.2, 0.25) is 0 Å². The number of aryl methyl sites for hydroxylation is 1. The van der Waals surface area contributed by atoms with Crippen LogP contribution in [0, 0.1) is 12.7 Å². The minimum atomic E-state index is -3.51. The van der Waals surface area contributed by atoms with Gasteiger partial charge < -0.3 is 10.3 Å². The summed E-state index contributed by atoms with van der Waals surface area (Å²) in [6.07, 6.45) is 1.10. The van der Waals surface area contributed by atoms with Crippen LogP contribution in [0.1, 0.15) is 23.1 Å². The number of halogens is 2. The standard InChI is InChI=1S/C19H16ClFN4O2S2/c1-10-18(29(2,26)27)25-17(22-10)16(11-7-8-13(21)12(20)9-11)24-19-23-14-5-3-4-6-15(14)28-19/h3-9,16H,1-2H3,(H,22,25)(H,23,24)/t16-/m1/s1. The number of H-pyrrole nitrogens is 1. The second kappa shape index (κ2) is 7.40. The molecular weight excluding hydrogens is 435 g/mol. The number of anilines is 1. The molecule has 4 aromatic rings. The summed E-state index contributed by atoms with van der Waals surface area (Å²) in [5.74, 6) is -0.175. The third kappa shape index (κ3) is 3.98. The first-order valence-corrected chi connectivity index (χ1v) is 11.6. The lowest BCUT2D eigenvalue weighted by Gasteiger charge is -2.17. The van der Waals surface area contributed by atoms with Crippen LogP contribution in [0.25, 0.3) is 10.2 Å². The van der Waals surface area contributed by atoms with Crippen LogP contribution in [0.15, 0.2) is 47.5 Å². The maximum Gasteiger partial charge on any atom is 0.194 e. The van der Waals surface area contributed by atoms with Crippen molar-refractivity contribution in [2.45, 2.75) is 18.0 Å². The maximum atomic E-state index is 13.7. The van der Waals surface area contributed by atoms with Crippen LogP contribution in [0.3, 0.4) is 0 Å². The molecule has 0 saturated heterocycles. The summed E-state index contributed by atoms with van der Waals surface area (Å²) in [7, 11) is -3.51. The van der Waals surface area contributed by atoms with Gasteiger partial charge in [0.25, 0.3) is 0 Å². The molecule has 0 aliphatic rings. The van der Waals surface area contributed by atoms with Gasteiger partial charge in [-0.15, -0.1) is 0 Å². The van der Waals surface area contributed by atoms with E-state index < -0.39 is 21.7 Å². The molecule has 0 aliphatic heterocycles. The summed E-state index contributed by atoms with van der Waals surface area (Å²) >= 11 is 7.43. The third-order valence-electron chi connectivity index (χ3n) is 4.32. The van der Waals surface area contributed by atoms with Gasteiger partial charge in [-0.2, -0.15) is 0 Å². The van der Waals surface area contributed by atoms with Gasteiger partial charge in [-0.3, -0.25) is 0 Å². The molecule has 0 radical (unpaired) electrons. The number of imidazole rings is 1. The van der Waals surface area contributed by atoms with Crippen molar-refractivity contribution < 1.29 is 12.8 Å². The van der Waals surface area contributed by atoms with Gasteiger partial charge in [-0.1, -0.05) is 41.1 Å². The zero-order valence-electron chi connectivity index (χ0n) is 15.4. The van der Waals surface area contributed by atoms with Crippen molar-refractivity contribution in [1.29, 1.82) is 0 Å². The Morgan fingerprint density at radius 1 is 1.21 bits per heavy atom. The van der Waals surface area contributed by atoms with Gasteiger partial charge in [0, 0.05) is 6.26 Å². The first-order chi connectivity index (χ1) is 13.7. The number of nitrogens with one attached hydrogen (secondary N) is 2. The van der Waals surface area contributed by atoms with Crippen LogP contribution in [0.4, 0.5) is 9.52 Å². The SMILES string of the molecule is Cc1[nH]c([C@H](Nc2nc3ccccc3s2)c2ccc(F)c(Cl)c2)nc1S(C)(=O)=O. The molecule has 0 saturated carbocycles. The van der Waals surface area contributed by atoms with Gasteiger partial charge in [0.15, 0.2) is 20.0 Å². The van der Waals surface area contributed by atoms with Crippen LogP contribution in [0.5, 0.6) is 0 Å². The molecule has 150 valence electrons. The zero-order valence-corrected chi connectivity index (χ0v) is 17.8. The Balaban J connectivity index is 1.81. The van der Waals surface area contributed by atoms with Crippen molar-refractivity contribution in [3.63, 3.8) is 0 Å². The fraction of sp³-hybridized carbons (Fsp3) is 0.158. The van der Waals surface area contributed by atoms with Gasteiger partial charge in [0.1, 0.15) is 17.7 Å². The van der Waals surface area contributed by atoms with E-state index >= 15 is 0 Å². The Morgan fingerprint density at radius 2 is 1.97 bits per heavy atom. The number of rotatable bonds is 5. The number of aromatic amines is 1. The molecule has 2 aromatic carbocycles. The Morgan fingerprint density at radius 3 is 2.62 bits per heavy atom. The highest BCUT2D eigenvalue weighted by molar-refractivity contribution is 7.90. The molecule has 10 heteroatoms. The predicted molar refractivity (Wildman–Crippen MR) is 113 cm³/mol. The number of thiazole rings is 1. The molecule has 0 aliphatic carbocycles. The lowest BCUT2D eigenvalue weighted by Crippen LogP contribution is -2.14. The maximum absolute atomic E-state index is 13.7. The number of hydrogen-bond donors (Lipinski definition) is 2. The summed E-state index contributed by atoms with van der Waals surface area (Å²) in [6.45, 7) is 1.64. The van der Waals surface area contributed by atoms with E-state index in [1.165, 1.54) is 23.5 Å². The molecule has 1 atom stereocenters. The first-order valence-electron chi connectivity index (χ1n) is 8.56. The van der Waals surface area contributed by atoms with Gasteiger partial charge in [-0.05, 0) is 36.8 Å². The molecule has 2 aromatic heterocycles. The van der Waals surface area contributed by atoms with E-state index in [1.807, 2.05) is 24.3 Å². The van der Waals surface area contributed by atoms with Crippen molar-refractivity contribution in [1.82, 2.24) is 15.0 Å². The van der Waals surface area contributed by atoms with Crippen molar-refractivity contribution in [2.75, 3.05) is 11.6 Å². The monoisotopic (exact) mass is 450 g/mol. The number of nitrogens with zero attached hydrogens (tertiary/aromatic N) is 2. The fourth-order valence-corrected chi connectivity index (χ4v) is 4.98. The molecule has 0 spiro atoms. The number of fused-ring (bicyclic) bond motifs is 1. The molecule has 0 fully saturated rings. The number of sulfone groups is 1. The van der Waals surface area contributed by atoms with E-state index in [-0.39, 0.29) is 10.0 Å². The topological polar surface area (TPSA) is 87.7 Å². The predicted octanol–water partition coefficient (Wildman–Crippen LogP) is 4.73. The summed E-state index contributed by atoms with van der Waals surface area (Å²) in [6, 6.07) is 11.4. The summed E-state index contributed by atoms with van der Waals surface area (Å²) in [5.41, 5.74) is 1.87. The smallest absolute Gasteiger partial charge is 0.194 e. The van der Waals surface area contributed by atoms with Gasteiger partial charge >= 0.3 is 0 Å². The highest BCUT2D eigenvalue weighted by atomic mass is 35.5. The van der Waals surface area contributed by atoms with E-state index in [2.05, 4.69) is 20.3 Å². The Bertz CT molecular complexity index is 1280. The number of hydrogen-bond acceptors (Lipinski definition) is 6. The van der Waals surface area contributed by atoms with Gasteiger partial charge in [0.05, 0.1) is 20.9 Å². The van der Waals surface area contributed by atoms with Crippen LogP contribution < -0.4 is 5.32 Å². The van der Waals surface area contributed by atoms with E-state index in [9.17, 15) is 12.8 Å². The lowest BCUT2D eigenvalue weighted by molar-refractivity contribution is 0.597. The highest BCUT2D eigenvalue weighted by Gasteiger charge is 2.24. The second-order valence-corrected chi connectivity index (χ2v) is 9.93. The molecule has 4 rings (SSSR count). The third-order valence-corrected chi connectivity index (χ3v) is 6.68. The van der Waals surface area contributed by atoms with Crippen molar-refractivity contribution in [2.24, 2.45) is 0 Å². The summed E-state index contributed by atoms with van der Waals surface area (Å²) in [4.78, 5) is 11.9. The normalized spacial score (nSPS) is 13.0. The van der Waals surface area contributed by atoms with Crippen LogP contribution in [-0.2, 0) is 9.84 Å². The largest absolute Gasteiger partial charge is 0.348 e. The number of aromatic nitrogens is 3. The molecule has 0 bridgehead atoms. The van der Waals surface area contributed by atoms with E-state index in [4.69, 9.17) is 11.6 Å². The van der Waals surface area contributed by atoms with Crippen LogP contribution in [0.2, 0.25) is 5.02 Å². The average molecular weight is 451 g/mol. The van der Waals surface area contributed by atoms with Crippen molar-refractivity contribution in [3.8, 4) is 0 Å². The van der Waals surface area contributed by atoms with Crippen molar-refractivity contribution in [3.05, 3.63) is 70.4 Å².